The lowest BCUT2D eigenvalue weighted by molar-refractivity contribution is -0.152. The molecule has 5 atom stereocenters. The van der Waals surface area contributed by atoms with Crippen molar-refractivity contribution in [1.29, 1.82) is 0 Å². The van der Waals surface area contributed by atoms with E-state index < -0.39 is 69.9 Å². The van der Waals surface area contributed by atoms with E-state index in [2.05, 4.69) is 40.4 Å². The number of unbranched alkanes of at least 4 members (excludes halogenated alkanes) is 2. The number of aliphatic hydroxyl groups is 1. The van der Waals surface area contributed by atoms with Crippen LogP contribution in [0.2, 0.25) is 0 Å². The normalized spacial score (nSPS) is 22.1. The number of fused-ring (bicyclic) bond motifs is 2. The highest BCUT2D eigenvalue weighted by Gasteiger charge is 2.50. The van der Waals surface area contributed by atoms with Gasteiger partial charge >= 0.3 is 12.1 Å². The number of ether oxygens (including phenoxy) is 4. The maximum absolute atomic E-state index is 14.9. The topological polar surface area (TPSA) is 341 Å². The van der Waals surface area contributed by atoms with E-state index in [0.29, 0.717) is 101 Å². The molecule has 4 aliphatic heterocycles. The third kappa shape index (κ3) is 15.1. The number of aliphatic hydroxyl groups excluding tert-OH is 1. The zero-order valence-electron chi connectivity index (χ0n) is 54.1. The van der Waals surface area contributed by atoms with E-state index in [1.54, 1.807) is 55.5 Å². The molecule has 1 saturated heterocycles. The number of alkyl carbamates (subject to hydrolysis) is 1. The fourth-order valence-corrected chi connectivity index (χ4v) is 12.8. The number of nitrogens with zero attached hydrogens (tertiary/aromatic N) is 3. The summed E-state index contributed by atoms with van der Waals surface area (Å²) in [6, 6.07) is 9.28. The van der Waals surface area contributed by atoms with E-state index in [9.17, 15) is 58.2 Å². The van der Waals surface area contributed by atoms with Crippen molar-refractivity contribution in [3.05, 3.63) is 121 Å². The van der Waals surface area contributed by atoms with Crippen LogP contribution < -0.4 is 52.3 Å². The van der Waals surface area contributed by atoms with Crippen molar-refractivity contribution < 1.29 is 71.9 Å². The van der Waals surface area contributed by atoms with Gasteiger partial charge in [-0.2, -0.15) is 0 Å². The highest BCUT2D eigenvalue weighted by atomic mass is 16.7. The minimum atomic E-state index is -1.45. The zero-order valence-corrected chi connectivity index (χ0v) is 54.1. The van der Waals surface area contributed by atoms with Gasteiger partial charge in [-0.3, -0.25) is 48.1 Å². The number of piperidine rings is 1. The van der Waals surface area contributed by atoms with Crippen molar-refractivity contribution in [1.82, 2.24) is 25.8 Å². The third-order valence-corrected chi connectivity index (χ3v) is 18.4. The van der Waals surface area contributed by atoms with Crippen molar-refractivity contribution in [3.8, 4) is 11.5 Å². The van der Waals surface area contributed by atoms with Crippen LogP contribution in [-0.4, -0.2) is 119 Å². The summed E-state index contributed by atoms with van der Waals surface area (Å²) < 4.78 is 30.0. The molecule has 10 rings (SSSR count). The Labute approximate surface area is 547 Å². The molecule has 0 spiro atoms. The van der Waals surface area contributed by atoms with Gasteiger partial charge in [0.15, 0.2) is 22.4 Å². The second kappa shape index (κ2) is 29.5. The lowest BCUT2D eigenvalue weighted by atomic mass is 9.67. The number of benzene rings is 4. The molecule has 5 heterocycles. The van der Waals surface area contributed by atoms with Crippen LogP contribution in [0.5, 0.6) is 11.5 Å². The molecule has 0 unspecified atom stereocenters. The summed E-state index contributed by atoms with van der Waals surface area (Å²) in [5.74, 6) is -4.15. The number of phenolic OH excluding ortho intramolecular Hbond substituents is 1. The molecule has 25 nitrogen and oxygen atoms in total. The monoisotopic (exact) mass is 1300 g/mol. The van der Waals surface area contributed by atoms with Gasteiger partial charge in [0.25, 0.3) is 24.0 Å². The fourth-order valence-electron chi connectivity index (χ4n) is 12.8. The summed E-state index contributed by atoms with van der Waals surface area (Å²) in [7, 11) is 0. The number of aromatic hydroxyl groups is 1. The minimum absolute atomic E-state index is 0.0206. The number of imide groups is 1. The van der Waals surface area contributed by atoms with Gasteiger partial charge in [-0.05, 0) is 120 Å². The number of rotatable bonds is 16. The number of phenols is 1. The average Bonchev–Trinajstić information content (AvgIpc) is 1.70. The molecule has 4 bridgehead atoms. The molecule has 4 aromatic carbocycles. The van der Waals surface area contributed by atoms with E-state index in [-0.39, 0.29) is 115 Å². The van der Waals surface area contributed by atoms with E-state index >= 15 is 0 Å². The molecule has 5 aromatic rings. The van der Waals surface area contributed by atoms with Crippen molar-refractivity contribution in [2.45, 2.75) is 144 Å². The fraction of sp³-hybridized carbons (Fsp3) is 0.443. The molecular weight excluding hydrogens is 1220 g/mol. The number of allylic oxidation sites excluding steroid dienone is 4. The molecule has 2 fully saturated rings. The van der Waals surface area contributed by atoms with Gasteiger partial charge in [0.2, 0.25) is 28.6 Å². The first kappa shape index (κ1) is 67.8. The molecule has 5 aliphatic rings. The number of carbonyl (C=O) groups excluding carboxylic acids is 8. The Morgan fingerprint density at radius 1 is 0.842 bits per heavy atom. The summed E-state index contributed by atoms with van der Waals surface area (Å²) >= 11 is 0. The lowest BCUT2D eigenvalue weighted by Crippen LogP contribution is -2.56. The standard InChI is InChI=1S/C70H80N8O17/c1-38-14-10-16-39(2)62(93-43(6)79)40(3)18-12-33-91-66-61(86)55-53-54(59(84)42(5)63(55)95-66)60(85)58(76-65(87)41(4)17-11-15-38)64-57(53)75-56-48(80)34-47(35-49(56)94-64)77-31-25-46(26-32-77)74-69(90)92-37-44-19-21-45(22-20-44)73-50(81)36-72-68(89)70(27-13-28-70)67(88)71-29-8-7-9-30-78-51(82)23-24-52(78)83/h11-12,15,17,19-24,33-35,38-40,46,62,66,84,86H,7-10,13-14,16,18,25-32,36-37H2,1-6H3,(H,71,88)(H,72,89)(H,73,81)(H,74,90)(H,76,87)/b15-11+,33-12+,41-17-/t38-,39-,40-,62+,66+/m1/s1. The largest absolute Gasteiger partial charge is 0.507 e. The number of aromatic nitrogens is 1. The van der Waals surface area contributed by atoms with Crippen LogP contribution in [0.3, 0.4) is 0 Å². The molecular formula is C70H80N8O17. The van der Waals surface area contributed by atoms with Gasteiger partial charge in [0, 0.05) is 91.3 Å². The van der Waals surface area contributed by atoms with Crippen molar-refractivity contribution in [2.24, 2.45) is 23.2 Å². The molecule has 1 aromatic heterocycles. The van der Waals surface area contributed by atoms with Gasteiger partial charge in [0.1, 0.15) is 40.8 Å². The molecule has 25 heteroatoms. The SMILES string of the molecule is CC(=O)O[C@@H]1[C@H](C)C/C=C/O[C@H]2Oc3c(C)c(O)c4c(=O)c(c5oc6cc(N7CCC(NC(=O)OCc8ccc(NC(=O)CNC(=O)C9(C(=O)NCCCCCN%10C(=O)C=CC%10=O)CCC9)cc8)CC7)cc(=O)c6nc5c4c3=C2O)NC(=O)/C(C)=C\C=C\[C@H](C)CCC[C@H]1C. The summed E-state index contributed by atoms with van der Waals surface area (Å²) in [4.78, 5) is 139. The third-order valence-electron chi connectivity index (χ3n) is 18.4. The van der Waals surface area contributed by atoms with Crippen molar-refractivity contribution >= 4 is 103 Å². The van der Waals surface area contributed by atoms with Gasteiger partial charge < -0.3 is 65.1 Å². The second-order valence-corrected chi connectivity index (χ2v) is 25.3. The van der Waals surface area contributed by atoms with Crippen LogP contribution in [0.4, 0.5) is 21.9 Å². The Kier molecular flexibility index (Phi) is 21.0. The summed E-state index contributed by atoms with van der Waals surface area (Å²) in [6.07, 6.45) is 15.5. The maximum Gasteiger partial charge on any atom is 0.407 e. The number of hydrogen-bond donors (Lipinski definition) is 7. The number of nitrogens with one attached hydrogen (secondary N) is 5. The van der Waals surface area contributed by atoms with Gasteiger partial charge in [-0.15, -0.1) is 0 Å². The lowest BCUT2D eigenvalue weighted by Gasteiger charge is -2.38. The predicted molar refractivity (Wildman–Crippen MR) is 353 cm³/mol. The molecule has 502 valence electrons. The number of esters is 1. The van der Waals surface area contributed by atoms with E-state index in [1.165, 1.54) is 43.2 Å². The van der Waals surface area contributed by atoms with E-state index in [1.807, 2.05) is 17.9 Å². The summed E-state index contributed by atoms with van der Waals surface area (Å²) in [5, 5.41) is 37.1. The zero-order chi connectivity index (χ0) is 67.8. The maximum atomic E-state index is 14.9. The Morgan fingerprint density at radius 3 is 2.27 bits per heavy atom. The quantitative estimate of drug-likeness (QED) is 0.0124. The molecule has 7 amide bonds. The number of carbonyl (C=O) groups is 8. The minimum Gasteiger partial charge on any atom is -0.507 e. The predicted octanol–water partition coefficient (Wildman–Crippen LogP) is 7.69. The number of hydrogen-bond acceptors (Lipinski definition) is 19. The molecule has 0 radical (unpaired) electrons. The molecule has 95 heavy (non-hydrogen) atoms. The Morgan fingerprint density at radius 2 is 1.57 bits per heavy atom. The van der Waals surface area contributed by atoms with Crippen molar-refractivity contribution in [3.63, 3.8) is 0 Å². The Hall–Kier alpha value is -10.1. The first-order valence-corrected chi connectivity index (χ1v) is 32.4. The van der Waals surface area contributed by atoms with Gasteiger partial charge in [0.05, 0.1) is 23.4 Å². The van der Waals surface area contributed by atoms with E-state index in [0.717, 1.165) is 19.3 Å². The summed E-state index contributed by atoms with van der Waals surface area (Å²) in [5.41, 5.74) is -1.84. The van der Waals surface area contributed by atoms with Crippen LogP contribution >= 0.6 is 0 Å². The molecule has 7 N–H and O–H groups in total. The number of amides is 7. The van der Waals surface area contributed by atoms with Crippen molar-refractivity contribution in [2.75, 3.05) is 48.3 Å². The second-order valence-electron chi connectivity index (χ2n) is 25.3. The molecule has 1 saturated carbocycles. The van der Waals surface area contributed by atoms with Crippen LogP contribution in [0.1, 0.15) is 123 Å². The van der Waals surface area contributed by atoms with Crippen LogP contribution in [-0.2, 0) is 54.4 Å². The smallest absolute Gasteiger partial charge is 0.407 e. The summed E-state index contributed by atoms with van der Waals surface area (Å²) in [6.45, 7) is 11.5. The first-order valence-electron chi connectivity index (χ1n) is 32.4. The van der Waals surface area contributed by atoms with Gasteiger partial charge in [-0.1, -0.05) is 64.0 Å². The van der Waals surface area contributed by atoms with Crippen LogP contribution in [0, 0.1) is 30.1 Å². The average molecular weight is 1310 g/mol. The van der Waals surface area contributed by atoms with Gasteiger partial charge in [-0.25, -0.2) is 9.78 Å². The van der Waals surface area contributed by atoms with Crippen LogP contribution in [0.15, 0.2) is 98.7 Å². The highest BCUT2D eigenvalue weighted by molar-refractivity contribution is 6.17. The number of anilines is 3. The van der Waals surface area contributed by atoms with Crippen LogP contribution in [0.25, 0.3) is 38.7 Å². The first-order chi connectivity index (χ1) is 45.5. The molecule has 1 aliphatic carbocycles. The highest BCUT2D eigenvalue weighted by Crippen LogP contribution is 2.42. The van der Waals surface area contributed by atoms with E-state index in [4.69, 9.17) is 28.3 Å². The Balaban J connectivity index is 0.777. The Bertz CT molecular complexity index is 4160.